The van der Waals surface area contributed by atoms with Crippen LogP contribution in [0, 0.1) is 0 Å². The van der Waals surface area contributed by atoms with Gasteiger partial charge in [-0.15, -0.1) is 0 Å². The summed E-state index contributed by atoms with van der Waals surface area (Å²) in [5.41, 5.74) is 1.21. The summed E-state index contributed by atoms with van der Waals surface area (Å²) in [6.45, 7) is 1.29. The number of ether oxygens (including phenoxy) is 3. The van der Waals surface area contributed by atoms with Crippen LogP contribution in [-0.4, -0.2) is 37.0 Å². The van der Waals surface area contributed by atoms with E-state index < -0.39 is 23.7 Å². The summed E-state index contributed by atoms with van der Waals surface area (Å²) in [6, 6.07) is 18.8. The van der Waals surface area contributed by atoms with Gasteiger partial charge >= 0.3 is 5.97 Å². The third-order valence-corrected chi connectivity index (χ3v) is 5.58. The summed E-state index contributed by atoms with van der Waals surface area (Å²) in [5, 5.41) is 11.2. The maximum Gasteiger partial charge on any atom is 0.308 e. The summed E-state index contributed by atoms with van der Waals surface area (Å²) in [7, 11) is 2.99. The molecule has 3 aromatic rings. The molecule has 1 saturated heterocycles. The minimum absolute atomic E-state index is 0.0775. The predicted octanol–water partition coefficient (Wildman–Crippen LogP) is 4.26. The van der Waals surface area contributed by atoms with E-state index in [-0.39, 0.29) is 11.3 Å². The van der Waals surface area contributed by atoms with Crippen molar-refractivity contribution < 1.29 is 33.7 Å². The normalized spacial score (nSPS) is 16.8. The highest BCUT2D eigenvalue weighted by atomic mass is 16.5. The van der Waals surface area contributed by atoms with E-state index in [1.165, 1.54) is 26.0 Å². The Morgan fingerprint density at radius 1 is 0.857 bits per heavy atom. The highest BCUT2D eigenvalue weighted by molar-refractivity contribution is 6.51. The third-order valence-electron chi connectivity index (χ3n) is 5.58. The van der Waals surface area contributed by atoms with Crippen LogP contribution >= 0.6 is 0 Å². The molecule has 0 radical (unpaired) electrons. The van der Waals surface area contributed by atoms with Crippen LogP contribution < -0.4 is 19.1 Å². The zero-order valence-electron chi connectivity index (χ0n) is 19.3. The van der Waals surface area contributed by atoms with Gasteiger partial charge in [-0.3, -0.25) is 19.3 Å². The Bertz CT molecular complexity index is 1330. The number of hydrogen-bond acceptors (Lipinski definition) is 7. The molecule has 1 fully saturated rings. The van der Waals surface area contributed by atoms with Crippen LogP contribution in [0.15, 0.2) is 78.4 Å². The number of carbonyl (C=O) groups is 3. The van der Waals surface area contributed by atoms with Crippen molar-refractivity contribution in [3.8, 4) is 17.2 Å². The Labute approximate surface area is 202 Å². The lowest BCUT2D eigenvalue weighted by atomic mass is 9.95. The number of aliphatic hydroxyl groups excluding tert-OH is 1. The maximum atomic E-state index is 13.3. The standard InChI is InChI=1S/C27H23NO7/c1-16(29)35-20-12-10-17(11-13-20)24-23(25(30)18-6-4-8-21(14-18)33-2)26(31)27(32)28(24)19-7-5-9-22(15-19)34-3/h4-15,24,30H,1-3H3/b25-23+. The molecule has 3 aromatic carbocycles. The zero-order valence-corrected chi connectivity index (χ0v) is 19.3. The van der Waals surface area contributed by atoms with Crippen LogP contribution in [-0.2, 0) is 14.4 Å². The Kier molecular flexibility index (Phi) is 6.55. The van der Waals surface area contributed by atoms with Crippen LogP contribution in [0.4, 0.5) is 5.69 Å². The molecule has 0 bridgehead atoms. The molecule has 0 spiro atoms. The van der Waals surface area contributed by atoms with Gasteiger partial charge in [-0.25, -0.2) is 0 Å². The van der Waals surface area contributed by atoms with Gasteiger partial charge in [0.15, 0.2) is 0 Å². The molecule has 1 aliphatic rings. The first-order chi connectivity index (χ1) is 16.8. The number of rotatable bonds is 6. The monoisotopic (exact) mass is 473 g/mol. The number of methoxy groups -OCH3 is 2. The summed E-state index contributed by atoms with van der Waals surface area (Å²) in [4.78, 5) is 39.2. The van der Waals surface area contributed by atoms with E-state index in [4.69, 9.17) is 14.2 Å². The second kappa shape index (κ2) is 9.72. The molecule has 1 heterocycles. The second-order valence-corrected chi connectivity index (χ2v) is 7.77. The summed E-state index contributed by atoms with van der Waals surface area (Å²) in [5.74, 6) is -1.13. The fourth-order valence-corrected chi connectivity index (χ4v) is 3.98. The molecular formula is C27H23NO7. The number of nitrogens with zero attached hydrogens (tertiary/aromatic N) is 1. The van der Waals surface area contributed by atoms with Gasteiger partial charge in [-0.05, 0) is 42.0 Å². The fraction of sp³-hybridized carbons (Fsp3) is 0.148. The predicted molar refractivity (Wildman–Crippen MR) is 129 cm³/mol. The number of benzene rings is 3. The lowest BCUT2D eigenvalue weighted by Crippen LogP contribution is -2.29. The van der Waals surface area contributed by atoms with Crippen molar-refractivity contribution in [1.82, 2.24) is 0 Å². The molecule has 35 heavy (non-hydrogen) atoms. The molecule has 1 aliphatic heterocycles. The Morgan fingerprint density at radius 2 is 1.49 bits per heavy atom. The van der Waals surface area contributed by atoms with E-state index in [0.29, 0.717) is 34.1 Å². The van der Waals surface area contributed by atoms with Gasteiger partial charge < -0.3 is 19.3 Å². The minimum Gasteiger partial charge on any atom is -0.507 e. The van der Waals surface area contributed by atoms with Gasteiger partial charge in [-0.1, -0.05) is 30.3 Å². The van der Waals surface area contributed by atoms with Crippen LogP contribution in [0.2, 0.25) is 0 Å². The molecule has 8 nitrogen and oxygen atoms in total. The molecular weight excluding hydrogens is 450 g/mol. The van der Waals surface area contributed by atoms with Crippen LogP contribution in [0.3, 0.4) is 0 Å². The van der Waals surface area contributed by atoms with Crippen molar-refractivity contribution in [2.24, 2.45) is 0 Å². The summed E-state index contributed by atoms with van der Waals surface area (Å²) in [6.07, 6.45) is 0. The quantitative estimate of drug-likeness (QED) is 0.188. The van der Waals surface area contributed by atoms with Gasteiger partial charge in [-0.2, -0.15) is 0 Å². The molecule has 8 heteroatoms. The number of Topliss-reactive ketones (excluding diaryl/α,β-unsaturated/α-hetero) is 1. The van der Waals surface area contributed by atoms with Gasteiger partial charge in [0.2, 0.25) is 0 Å². The number of esters is 1. The molecule has 1 N–H and O–H groups in total. The molecule has 1 amide bonds. The van der Waals surface area contributed by atoms with Crippen molar-refractivity contribution in [2.45, 2.75) is 13.0 Å². The molecule has 0 aliphatic carbocycles. The Morgan fingerprint density at radius 3 is 2.11 bits per heavy atom. The molecule has 178 valence electrons. The number of amides is 1. The van der Waals surface area contributed by atoms with E-state index in [9.17, 15) is 19.5 Å². The van der Waals surface area contributed by atoms with Crippen molar-refractivity contribution in [2.75, 3.05) is 19.1 Å². The number of hydrogen-bond donors (Lipinski definition) is 1. The first kappa shape index (κ1) is 23.6. The van der Waals surface area contributed by atoms with Crippen LogP contribution in [0.5, 0.6) is 17.2 Å². The first-order valence-electron chi connectivity index (χ1n) is 10.7. The molecule has 0 aromatic heterocycles. The molecule has 1 unspecified atom stereocenters. The van der Waals surface area contributed by atoms with Crippen molar-refractivity contribution in [3.05, 3.63) is 89.5 Å². The van der Waals surface area contributed by atoms with E-state index in [1.54, 1.807) is 72.8 Å². The number of ketones is 1. The molecule has 1 atom stereocenters. The molecule has 4 rings (SSSR count). The maximum absolute atomic E-state index is 13.3. The topological polar surface area (TPSA) is 102 Å². The van der Waals surface area contributed by atoms with E-state index >= 15 is 0 Å². The highest BCUT2D eigenvalue weighted by Gasteiger charge is 2.47. The van der Waals surface area contributed by atoms with Gasteiger partial charge in [0.05, 0.1) is 25.8 Å². The number of carbonyl (C=O) groups excluding carboxylic acids is 3. The lowest BCUT2D eigenvalue weighted by molar-refractivity contribution is -0.132. The highest BCUT2D eigenvalue weighted by Crippen LogP contribution is 2.43. The third kappa shape index (κ3) is 4.59. The van der Waals surface area contributed by atoms with Crippen LogP contribution in [0.25, 0.3) is 5.76 Å². The number of aliphatic hydroxyl groups is 1. The minimum atomic E-state index is -0.945. The van der Waals surface area contributed by atoms with Crippen LogP contribution in [0.1, 0.15) is 24.1 Å². The second-order valence-electron chi connectivity index (χ2n) is 7.77. The Balaban J connectivity index is 1.91. The summed E-state index contributed by atoms with van der Waals surface area (Å²) < 4.78 is 15.6. The summed E-state index contributed by atoms with van der Waals surface area (Å²) >= 11 is 0. The smallest absolute Gasteiger partial charge is 0.308 e. The Hall–Kier alpha value is -4.59. The van der Waals surface area contributed by atoms with Crippen molar-refractivity contribution in [1.29, 1.82) is 0 Å². The number of anilines is 1. The fourth-order valence-electron chi connectivity index (χ4n) is 3.98. The largest absolute Gasteiger partial charge is 0.507 e. The lowest BCUT2D eigenvalue weighted by Gasteiger charge is -2.26. The first-order valence-corrected chi connectivity index (χ1v) is 10.7. The average Bonchev–Trinajstić information content (AvgIpc) is 3.14. The zero-order chi connectivity index (χ0) is 25.1. The van der Waals surface area contributed by atoms with Gasteiger partial charge in [0, 0.05) is 24.2 Å². The van der Waals surface area contributed by atoms with E-state index in [1.807, 2.05) is 0 Å². The van der Waals surface area contributed by atoms with E-state index in [2.05, 4.69) is 0 Å². The van der Waals surface area contributed by atoms with Crippen molar-refractivity contribution >= 4 is 29.1 Å². The van der Waals surface area contributed by atoms with Gasteiger partial charge in [0.1, 0.15) is 23.0 Å². The SMILES string of the molecule is COc1cccc(/C(O)=C2\C(=O)C(=O)N(c3cccc(OC)c3)C2c2ccc(OC(C)=O)cc2)c1. The van der Waals surface area contributed by atoms with E-state index in [0.717, 1.165) is 0 Å². The van der Waals surface area contributed by atoms with Crippen molar-refractivity contribution in [3.63, 3.8) is 0 Å². The van der Waals surface area contributed by atoms with Gasteiger partial charge in [0.25, 0.3) is 11.7 Å². The molecule has 0 saturated carbocycles. The average molecular weight is 473 g/mol.